The average Bonchev–Trinajstić information content (AvgIpc) is 2.33. The molecule has 0 aliphatic rings. The van der Waals surface area contributed by atoms with Gasteiger partial charge in [0.25, 0.3) is 0 Å². The summed E-state index contributed by atoms with van der Waals surface area (Å²) in [6, 6.07) is 0.210. The fraction of sp³-hybridized carbons (Fsp3) is 0.500. The van der Waals surface area contributed by atoms with Crippen LogP contribution in [0, 0.1) is 17.5 Å². The first-order chi connectivity index (χ1) is 10.0. The zero-order valence-corrected chi connectivity index (χ0v) is 13.3. The molecule has 0 aromatic heterocycles. The normalized spacial score (nSPS) is 14.6. The third-order valence-corrected chi connectivity index (χ3v) is 4.47. The van der Waals surface area contributed by atoms with Crippen LogP contribution in [0.25, 0.3) is 0 Å². The lowest BCUT2D eigenvalue weighted by Gasteiger charge is -2.23. The summed E-state index contributed by atoms with van der Waals surface area (Å²) in [4.78, 5) is 10.9. The molecule has 0 spiro atoms. The third kappa shape index (κ3) is 5.42. The van der Waals surface area contributed by atoms with Gasteiger partial charge in [-0.05, 0) is 38.8 Å². The van der Waals surface area contributed by atoms with E-state index in [9.17, 15) is 22.2 Å². The van der Waals surface area contributed by atoms with Crippen LogP contribution in [0.1, 0.15) is 32.8 Å². The molecule has 124 valence electrons. The molecule has 0 saturated heterocycles. The largest absolute Gasteiger partial charge is 0.481 e. The number of carboxylic acid groups (broad SMARTS) is 1. The SMILES string of the molecule is CC(C)(C)[S@@](=O)N[C@@H](CC(=O)O)Cc1cc(F)c(F)cc1F. The molecule has 2 N–H and O–H groups in total. The van der Waals surface area contributed by atoms with Gasteiger partial charge in [0.15, 0.2) is 11.6 Å². The van der Waals surface area contributed by atoms with Gasteiger partial charge in [-0.3, -0.25) is 4.79 Å². The second kappa shape index (κ2) is 7.23. The first-order valence-corrected chi connectivity index (χ1v) is 7.69. The number of hydrogen-bond acceptors (Lipinski definition) is 2. The predicted molar refractivity (Wildman–Crippen MR) is 77.1 cm³/mol. The van der Waals surface area contributed by atoms with E-state index in [2.05, 4.69) is 4.72 Å². The summed E-state index contributed by atoms with van der Waals surface area (Å²) in [5.41, 5.74) is -0.177. The summed E-state index contributed by atoms with van der Waals surface area (Å²) in [6.07, 6.45) is -0.655. The fourth-order valence-corrected chi connectivity index (χ4v) is 2.50. The number of nitrogens with one attached hydrogen (secondary N) is 1. The molecule has 0 fully saturated rings. The Morgan fingerprint density at radius 3 is 2.27 bits per heavy atom. The highest BCUT2D eigenvalue weighted by molar-refractivity contribution is 7.84. The highest BCUT2D eigenvalue weighted by atomic mass is 32.2. The molecule has 4 nitrogen and oxygen atoms in total. The molecule has 0 heterocycles. The maximum Gasteiger partial charge on any atom is 0.304 e. The number of hydrogen-bond donors (Lipinski definition) is 2. The van der Waals surface area contributed by atoms with E-state index < -0.39 is 51.6 Å². The summed E-state index contributed by atoms with van der Waals surface area (Å²) in [7, 11) is -1.58. The summed E-state index contributed by atoms with van der Waals surface area (Å²) in [5.74, 6) is -4.69. The van der Waals surface area contributed by atoms with Crippen molar-refractivity contribution in [2.24, 2.45) is 0 Å². The minimum absolute atomic E-state index is 0.177. The summed E-state index contributed by atoms with van der Waals surface area (Å²) in [5, 5.41) is 8.88. The Morgan fingerprint density at radius 2 is 1.77 bits per heavy atom. The molecule has 0 amide bonds. The smallest absolute Gasteiger partial charge is 0.304 e. The predicted octanol–water partition coefficient (Wildman–Crippen LogP) is 2.54. The van der Waals surface area contributed by atoms with E-state index in [1.54, 1.807) is 20.8 Å². The molecule has 1 rings (SSSR count). The van der Waals surface area contributed by atoms with Crippen molar-refractivity contribution in [2.75, 3.05) is 0 Å². The third-order valence-electron chi connectivity index (χ3n) is 2.81. The highest BCUT2D eigenvalue weighted by Crippen LogP contribution is 2.18. The average molecular weight is 337 g/mol. The molecule has 0 unspecified atom stereocenters. The van der Waals surface area contributed by atoms with Crippen LogP contribution in [0.4, 0.5) is 13.2 Å². The molecule has 8 heteroatoms. The van der Waals surface area contributed by atoms with Crippen LogP contribution in [0.15, 0.2) is 12.1 Å². The minimum atomic E-state index is -1.58. The van der Waals surface area contributed by atoms with Gasteiger partial charge in [-0.1, -0.05) is 0 Å². The monoisotopic (exact) mass is 337 g/mol. The molecule has 1 aromatic rings. The maximum absolute atomic E-state index is 13.6. The second-order valence-electron chi connectivity index (χ2n) is 5.86. The van der Waals surface area contributed by atoms with Crippen LogP contribution in [0.2, 0.25) is 0 Å². The Morgan fingerprint density at radius 1 is 1.23 bits per heavy atom. The van der Waals surface area contributed by atoms with Crippen LogP contribution < -0.4 is 4.72 Å². The molecule has 0 saturated carbocycles. The Hall–Kier alpha value is -1.41. The number of aliphatic carboxylic acids is 1. The van der Waals surface area contributed by atoms with Gasteiger partial charge in [0.05, 0.1) is 22.2 Å². The molecule has 0 radical (unpaired) electrons. The molecule has 2 atom stereocenters. The van der Waals surface area contributed by atoms with E-state index in [0.717, 1.165) is 0 Å². The van der Waals surface area contributed by atoms with E-state index in [4.69, 9.17) is 5.11 Å². The Balaban J connectivity index is 2.97. The molecule has 1 aromatic carbocycles. The van der Waals surface area contributed by atoms with Crippen molar-refractivity contribution in [1.82, 2.24) is 4.72 Å². The van der Waals surface area contributed by atoms with Gasteiger partial charge in [-0.15, -0.1) is 0 Å². The van der Waals surface area contributed by atoms with E-state index in [-0.39, 0.29) is 12.0 Å². The molecular weight excluding hydrogens is 319 g/mol. The first-order valence-electron chi connectivity index (χ1n) is 6.54. The number of benzene rings is 1. The van der Waals surface area contributed by atoms with Crippen molar-refractivity contribution in [3.8, 4) is 0 Å². The van der Waals surface area contributed by atoms with Crippen molar-refractivity contribution >= 4 is 17.0 Å². The van der Waals surface area contributed by atoms with Crippen molar-refractivity contribution in [3.63, 3.8) is 0 Å². The lowest BCUT2D eigenvalue weighted by molar-refractivity contribution is -0.137. The fourth-order valence-electron chi connectivity index (χ4n) is 1.68. The first kappa shape index (κ1) is 18.6. The zero-order valence-electron chi connectivity index (χ0n) is 12.5. The molecule has 22 heavy (non-hydrogen) atoms. The second-order valence-corrected chi connectivity index (χ2v) is 7.85. The van der Waals surface area contributed by atoms with Crippen LogP contribution in [-0.4, -0.2) is 26.1 Å². The van der Waals surface area contributed by atoms with Crippen LogP contribution >= 0.6 is 0 Å². The zero-order chi connectivity index (χ0) is 17.1. The van der Waals surface area contributed by atoms with Crippen molar-refractivity contribution in [3.05, 3.63) is 35.1 Å². The Kier molecular flexibility index (Phi) is 6.13. The van der Waals surface area contributed by atoms with Crippen LogP contribution in [-0.2, 0) is 22.2 Å². The van der Waals surface area contributed by atoms with Crippen LogP contribution in [0.5, 0.6) is 0 Å². The van der Waals surface area contributed by atoms with E-state index >= 15 is 0 Å². The van der Waals surface area contributed by atoms with E-state index in [0.29, 0.717) is 12.1 Å². The summed E-state index contributed by atoms with van der Waals surface area (Å²) >= 11 is 0. The van der Waals surface area contributed by atoms with Gasteiger partial charge < -0.3 is 5.11 Å². The van der Waals surface area contributed by atoms with Crippen molar-refractivity contribution in [1.29, 1.82) is 0 Å². The molecule has 0 bridgehead atoms. The van der Waals surface area contributed by atoms with Gasteiger partial charge in [-0.2, -0.15) is 0 Å². The maximum atomic E-state index is 13.6. The van der Waals surface area contributed by atoms with Crippen LogP contribution in [0.3, 0.4) is 0 Å². The highest BCUT2D eigenvalue weighted by Gasteiger charge is 2.25. The lowest BCUT2D eigenvalue weighted by Crippen LogP contribution is -2.42. The van der Waals surface area contributed by atoms with Gasteiger partial charge in [0, 0.05) is 12.1 Å². The van der Waals surface area contributed by atoms with E-state index in [1.165, 1.54) is 0 Å². The van der Waals surface area contributed by atoms with Gasteiger partial charge in [-0.25, -0.2) is 22.1 Å². The quantitative estimate of drug-likeness (QED) is 0.784. The van der Waals surface area contributed by atoms with E-state index in [1.807, 2.05) is 0 Å². The molecule has 0 aliphatic carbocycles. The Bertz CT molecular complexity index is 587. The van der Waals surface area contributed by atoms with Gasteiger partial charge in [0.1, 0.15) is 5.82 Å². The topological polar surface area (TPSA) is 66.4 Å². The molecular formula is C14H18F3NO3S. The van der Waals surface area contributed by atoms with Gasteiger partial charge >= 0.3 is 5.97 Å². The number of carbonyl (C=O) groups is 1. The van der Waals surface area contributed by atoms with Gasteiger partial charge in [0.2, 0.25) is 0 Å². The number of rotatable bonds is 6. The summed E-state index contributed by atoms with van der Waals surface area (Å²) < 4.78 is 53.7. The standard InChI is InChI=1S/C14H18F3NO3S/c1-14(2,3)22(21)18-9(6-13(19)20)4-8-5-11(16)12(17)7-10(8)15/h5,7,9,18H,4,6H2,1-3H3,(H,19,20)/t9-,22-/m1/s1. The minimum Gasteiger partial charge on any atom is -0.481 e. The van der Waals surface area contributed by atoms with Crippen molar-refractivity contribution < 1.29 is 27.3 Å². The van der Waals surface area contributed by atoms with Crippen molar-refractivity contribution in [2.45, 2.75) is 44.4 Å². The number of carboxylic acids is 1. The Labute approximate surface area is 129 Å². The lowest BCUT2D eigenvalue weighted by atomic mass is 10.0. The summed E-state index contributed by atoms with van der Waals surface area (Å²) in [6.45, 7) is 5.06. The molecule has 0 aliphatic heterocycles. The number of halogens is 3.